The van der Waals surface area contributed by atoms with Gasteiger partial charge in [0.25, 0.3) is 5.91 Å². The van der Waals surface area contributed by atoms with Gasteiger partial charge >= 0.3 is 0 Å². The Morgan fingerprint density at radius 3 is 2.74 bits per heavy atom. The van der Waals surface area contributed by atoms with Gasteiger partial charge in [-0.05, 0) is 30.3 Å². The number of carbonyl (C=O) groups excluding carboxylic acids is 1. The first-order valence-electron chi connectivity index (χ1n) is 8.65. The van der Waals surface area contributed by atoms with Crippen molar-refractivity contribution < 1.29 is 19.4 Å². The van der Waals surface area contributed by atoms with E-state index in [4.69, 9.17) is 9.47 Å². The van der Waals surface area contributed by atoms with Gasteiger partial charge in [0.05, 0.1) is 24.5 Å². The van der Waals surface area contributed by atoms with Gasteiger partial charge in [-0.15, -0.1) is 0 Å². The molecule has 1 aromatic heterocycles. The molecule has 0 aliphatic carbocycles. The van der Waals surface area contributed by atoms with E-state index in [1.165, 1.54) is 6.07 Å². The SMILES string of the molecule is Cn1cc(C(=O)Nc2ccccc2O)c(-c2ccc3c(c2)OCCCO3)n1. The zero-order valence-corrected chi connectivity index (χ0v) is 14.8. The van der Waals surface area contributed by atoms with Crippen LogP contribution in [0.5, 0.6) is 17.2 Å². The fourth-order valence-electron chi connectivity index (χ4n) is 2.95. The van der Waals surface area contributed by atoms with Crippen molar-refractivity contribution in [1.29, 1.82) is 0 Å². The molecule has 7 nitrogen and oxygen atoms in total. The van der Waals surface area contributed by atoms with Crippen molar-refractivity contribution in [2.45, 2.75) is 6.42 Å². The average Bonchev–Trinajstić information content (AvgIpc) is 2.91. The van der Waals surface area contributed by atoms with E-state index in [-0.39, 0.29) is 11.7 Å². The van der Waals surface area contributed by atoms with E-state index in [0.29, 0.717) is 41.7 Å². The van der Waals surface area contributed by atoms with Crippen molar-refractivity contribution in [2.75, 3.05) is 18.5 Å². The van der Waals surface area contributed by atoms with Gasteiger partial charge in [0.15, 0.2) is 11.5 Å². The monoisotopic (exact) mass is 365 g/mol. The second-order valence-corrected chi connectivity index (χ2v) is 6.25. The number of anilines is 1. The van der Waals surface area contributed by atoms with E-state index in [0.717, 1.165) is 12.0 Å². The van der Waals surface area contributed by atoms with Crippen LogP contribution in [0.2, 0.25) is 0 Å². The zero-order valence-electron chi connectivity index (χ0n) is 14.8. The van der Waals surface area contributed by atoms with Gasteiger partial charge in [-0.1, -0.05) is 12.1 Å². The number of phenolic OH excluding ortho intramolecular Hbond substituents is 1. The maximum Gasteiger partial charge on any atom is 0.259 e. The van der Waals surface area contributed by atoms with Gasteiger partial charge in [0.1, 0.15) is 11.4 Å². The Morgan fingerprint density at radius 2 is 1.93 bits per heavy atom. The predicted octanol–water partition coefficient (Wildman–Crippen LogP) is 3.21. The molecule has 0 radical (unpaired) electrons. The number of aromatic hydroxyl groups is 1. The summed E-state index contributed by atoms with van der Waals surface area (Å²) in [5.74, 6) is 0.980. The van der Waals surface area contributed by atoms with Crippen LogP contribution in [0.15, 0.2) is 48.7 Å². The summed E-state index contributed by atoms with van der Waals surface area (Å²) in [6.45, 7) is 1.20. The third-order valence-electron chi connectivity index (χ3n) is 4.25. The number of hydrogen-bond acceptors (Lipinski definition) is 5. The molecule has 1 amide bonds. The van der Waals surface area contributed by atoms with E-state index in [9.17, 15) is 9.90 Å². The van der Waals surface area contributed by atoms with Crippen LogP contribution in [0, 0.1) is 0 Å². The molecule has 0 unspecified atom stereocenters. The molecule has 2 aromatic carbocycles. The van der Waals surface area contributed by atoms with Crippen LogP contribution in [0.4, 0.5) is 5.69 Å². The quantitative estimate of drug-likeness (QED) is 0.696. The fraction of sp³-hybridized carbons (Fsp3) is 0.200. The molecule has 7 heteroatoms. The van der Waals surface area contributed by atoms with E-state index in [2.05, 4.69) is 10.4 Å². The van der Waals surface area contributed by atoms with E-state index in [1.54, 1.807) is 36.1 Å². The second-order valence-electron chi connectivity index (χ2n) is 6.25. The molecule has 0 spiro atoms. The first-order valence-corrected chi connectivity index (χ1v) is 8.65. The number of ether oxygens (including phenoxy) is 2. The van der Waals surface area contributed by atoms with Gasteiger partial charge in [0, 0.05) is 25.2 Å². The lowest BCUT2D eigenvalue weighted by molar-refractivity contribution is 0.102. The highest BCUT2D eigenvalue weighted by Crippen LogP contribution is 2.35. The molecule has 3 aromatic rings. The lowest BCUT2D eigenvalue weighted by atomic mass is 10.1. The van der Waals surface area contributed by atoms with Crippen LogP contribution < -0.4 is 14.8 Å². The standard InChI is InChI=1S/C20H19N3O4/c1-23-12-14(20(25)21-15-5-2-3-6-16(15)24)19(22-23)13-7-8-17-18(11-13)27-10-4-9-26-17/h2-3,5-8,11-12,24H,4,9-10H2,1H3,(H,21,25). The number of phenols is 1. The number of hydrogen-bond donors (Lipinski definition) is 2. The molecule has 2 heterocycles. The molecule has 1 aliphatic heterocycles. The van der Waals surface area contributed by atoms with Crippen molar-refractivity contribution in [1.82, 2.24) is 9.78 Å². The summed E-state index contributed by atoms with van der Waals surface area (Å²) in [5.41, 5.74) is 2.02. The Morgan fingerprint density at radius 1 is 1.15 bits per heavy atom. The van der Waals surface area contributed by atoms with Crippen molar-refractivity contribution in [3.8, 4) is 28.5 Å². The summed E-state index contributed by atoms with van der Waals surface area (Å²) >= 11 is 0. The van der Waals surface area contributed by atoms with Crippen LogP contribution in [-0.4, -0.2) is 34.0 Å². The Hall–Kier alpha value is -3.48. The number of amides is 1. The Kier molecular flexibility index (Phi) is 4.42. The number of aromatic nitrogens is 2. The first kappa shape index (κ1) is 17.0. The highest BCUT2D eigenvalue weighted by atomic mass is 16.5. The lowest BCUT2D eigenvalue weighted by Crippen LogP contribution is -2.12. The third-order valence-corrected chi connectivity index (χ3v) is 4.25. The molecule has 2 N–H and O–H groups in total. The van der Waals surface area contributed by atoms with Crippen molar-refractivity contribution in [2.24, 2.45) is 7.05 Å². The highest BCUT2D eigenvalue weighted by Gasteiger charge is 2.20. The molecule has 0 atom stereocenters. The maximum absolute atomic E-state index is 12.8. The van der Waals surface area contributed by atoms with Crippen LogP contribution in [0.1, 0.15) is 16.8 Å². The van der Waals surface area contributed by atoms with Crippen molar-refractivity contribution in [3.05, 3.63) is 54.2 Å². The predicted molar refractivity (Wildman–Crippen MR) is 100 cm³/mol. The number of nitrogens with zero attached hydrogens (tertiary/aromatic N) is 2. The summed E-state index contributed by atoms with van der Waals surface area (Å²) in [6.07, 6.45) is 2.47. The molecule has 0 bridgehead atoms. The van der Waals surface area contributed by atoms with Gasteiger partial charge in [-0.3, -0.25) is 9.48 Å². The Balaban J connectivity index is 1.68. The van der Waals surface area contributed by atoms with Gasteiger partial charge < -0.3 is 19.9 Å². The van der Waals surface area contributed by atoms with Crippen LogP contribution in [0.25, 0.3) is 11.3 Å². The summed E-state index contributed by atoms with van der Waals surface area (Å²) in [5, 5.41) is 17.1. The van der Waals surface area contributed by atoms with Crippen LogP contribution in [0.3, 0.4) is 0 Å². The number of fused-ring (bicyclic) bond motifs is 1. The van der Waals surface area contributed by atoms with Crippen molar-refractivity contribution in [3.63, 3.8) is 0 Å². The number of carbonyl (C=O) groups is 1. The smallest absolute Gasteiger partial charge is 0.259 e. The topological polar surface area (TPSA) is 85.6 Å². The largest absolute Gasteiger partial charge is 0.506 e. The summed E-state index contributed by atoms with van der Waals surface area (Å²) in [6, 6.07) is 12.1. The number of rotatable bonds is 3. The van der Waals surface area contributed by atoms with Gasteiger partial charge in [0.2, 0.25) is 0 Å². The number of aryl methyl sites for hydroxylation is 1. The maximum atomic E-state index is 12.8. The second kappa shape index (κ2) is 7.03. The first-order chi connectivity index (χ1) is 13.1. The third kappa shape index (κ3) is 3.44. The molecule has 0 fully saturated rings. The average molecular weight is 365 g/mol. The molecule has 138 valence electrons. The van der Waals surface area contributed by atoms with Crippen LogP contribution in [-0.2, 0) is 7.05 Å². The summed E-state index contributed by atoms with van der Waals surface area (Å²) in [4.78, 5) is 12.8. The van der Waals surface area contributed by atoms with Gasteiger partial charge in [-0.25, -0.2) is 0 Å². The molecule has 1 aliphatic rings. The molecule has 0 saturated carbocycles. The Bertz CT molecular complexity index is 997. The molecule has 0 saturated heterocycles. The Labute approximate surface area is 156 Å². The van der Waals surface area contributed by atoms with E-state index >= 15 is 0 Å². The van der Waals surface area contributed by atoms with Crippen molar-refractivity contribution >= 4 is 11.6 Å². The fourth-order valence-corrected chi connectivity index (χ4v) is 2.95. The normalized spacial score (nSPS) is 13.1. The van der Waals surface area contributed by atoms with E-state index < -0.39 is 0 Å². The number of para-hydroxylation sites is 2. The molecular weight excluding hydrogens is 346 g/mol. The molecular formula is C20H19N3O4. The lowest BCUT2D eigenvalue weighted by Gasteiger charge is -2.10. The number of nitrogens with one attached hydrogen (secondary N) is 1. The highest BCUT2D eigenvalue weighted by molar-refractivity contribution is 6.08. The minimum absolute atomic E-state index is 0.00636. The summed E-state index contributed by atoms with van der Waals surface area (Å²) in [7, 11) is 1.75. The zero-order chi connectivity index (χ0) is 18.8. The summed E-state index contributed by atoms with van der Waals surface area (Å²) < 4.78 is 13.0. The van der Waals surface area contributed by atoms with Gasteiger partial charge in [-0.2, -0.15) is 5.10 Å². The number of benzene rings is 2. The molecule has 27 heavy (non-hydrogen) atoms. The minimum Gasteiger partial charge on any atom is -0.506 e. The van der Waals surface area contributed by atoms with E-state index in [1.807, 2.05) is 18.2 Å². The molecule has 4 rings (SSSR count). The minimum atomic E-state index is -0.355. The van der Waals surface area contributed by atoms with Crippen LogP contribution >= 0.6 is 0 Å².